The molecule has 8 heteroatoms. The van der Waals surface area contributed by atoms with E-state index in [0.717, 1.165) is 11.3 Å². The highest BCUT2D eigenvalue weighted by Crippen LogP contribution is 2.17. The number of nitriles is 2. The van der Waals surface area contributed by atoms with Gasteiger partial charge in [0, 0.05) is 11.1 Å². The molecule has 1 heterocycles. The molecule has 0 radical (unpaired) electrons. The topological polar surface area (TPSA) is 127 Å². The van der Waals surface area contributed by atoms with Gasteiger partial charge >= 0.3 is 5.97 Å². The third-order valence-corrected chi connectivity index (χ3v) is 3.28. The first kappa shape index (κ1) is 14.2. The Morgan fingerprint density at radius 1 is 1.24 bits per heavy atom. The number of carbonyl (C=O) groups excluding carboxylic acids is 1. The third kappa shape index (κ3) is 3.03. The molecular weight excluding hydrogens is 292 g/mol. The van der Waals surface area contributed by atoms with Crippen LogP contribution < -0.4 is 5.32 Å². The fraction of sp³-hybridized carbons (Fsp3) is 0. The summed E-state index contributed by atoms with van der Waals surface area (Å²) < 4.78 is 0. The molecule has 0 unspecified atom stereocenters. The van der Waals surface area contributed by atoms with Crippen molar-refractivity contribution < 1.29 is 14.7 Å². The number of nitrogens with one attached hydrogen (secondary N) is 1. The Labute approximate surface area is 122 Å². The zero-order valence-corrected chi connectivity index (χ0v) is 11.1. The maximum Gasteiger partial charge on any atom is 0.355 e. The summed E-state index contributed by atoms with van der Waals surface area (Å²) in [5, 5.41) is 30.2. The van der Waals surface area contributed by atoms with Crippen molar-refractivity contribution in [2.24, 2.45) is 0 Å². The summed E-state index contributed by atoms with van der Waals surface area (Å²) in [4.78, 5) is 26.3. The zero-order valence-electron chi connectivity index (χ0n) is 10.3. The number of aromatic nitrogens is 1. The first-order valence-corrected chi connectivity index (χ1v) is 6.37. The van der Waals surface area contributed by atoms with Crippen LogP contribution in [0.4, 0.5) is 5.69 Å². The quantitative estimate of drug-likeness (QED) is 0.890. The molecule has 2 N–H and O–H groups in total. The molecule has 1 aromatic carbocycles. The second-order valence-corrected chi connectivity index (χ2v) is 4.64. The van der Waals surface area contributed by atoms with E-state index in [9.17, 15) is 9.59 Å². The molecule has 0 atom stereocenters. The minimum atomic E-state index is -1.21. The largest absolute Gasteiger partial charge is 0.476 e. The van der Waals surface area contributed by atoms with Gasteiger partial charge in [-0.3, -0.25) is 4.79 Å². The summed E-state index contributed by atoms with van der Waals surface area (Å²) in [6.45, 7) is 0. The van der Waals surface area contributed by atoms with Gasteiger partial charge in [-0.2, -0.15) is 10.5 Å². The molecule has 0 spiro atoms. The van der Waals surface area contributed by atoms with Crippen molar-refractivity contribution in [2.75, 3.05) is 5.32 Å². The van der Waals surface area contributed by atoms with E-state index in [2.05, 4.69) is 10.3 Å². The number of rotatable bonds is 3. The van der Waals surface area contributed by atoms with Crippen molar-refractivity contribution >= 4 is 28.9 Å². The van der Waals surface area contributed by atoms with Gasteiger partial charge in [0.1, 0.15) is 12.1 Å². The lowest BCUT2D eigenvalue weighted by atomic mass is 10.1. The van der Waals surface area contributed by atoms with Gasteiger partial charge in [-0.25, -0.2) is 9.78 Å². The Hall–Kier alpha value is -3.23. The van der Waals surface area contributed by atoms with Crippen molar-refractivity contribution in [3.05, 3.63) is 45.4 Å². The van der Waals surface area contributed by atoms with E-state index in [0.29, 0.717) is 5.69 Å². The minimum absolute atomic E-state index is 0.00438. The summed E-state index contributed by atoms with van der Waals surface area (Å²) in [5.41, 5.74) is 0.462. The Morgan fingerprint density at radius 3 is 2.52 bits per heavy atom. The fourth-order valence-electron chi connectivity index (χ4n) is 1.47. The van der Waals surface area contributed by atoms with E-state index < -0.39 is 11.9 Å². The van der Waals surface area contributed by atoms with Crippen LogP contribution >= 0.6 is 11.3 Å². The van der Waals surface area contributed by atoms with E-state index in [-0.39, 0.29) is 21.8 Å². The van der Waals surface area contributed by atoms with E-state index in [1.165, 1.54) is 23.6 Å². The number of carboxylic acids is 1. The van der Waals surface area contributed by atoms with E-state index >= 15 is 0 Å². The third-order valence-electron chi connectivity index (χ3n) is 2.44. The van der Waals surface area contributed by atoms with Gasteiger partial charge in [-0.15, -0.1) is 11.3 Å². The number of amides is 1. The van der Waals surface area contributed by atoms with Crippen molar-refractivity contribution in [3.63, 3.8) is 0 Å². The normalized spacial score (nSPS) is 9.43. The maximum atomic E-state index is 11.9. The molecule has 1 amide bonds. The zero-order chi connectivity index (χ0) is 15.4. The number of carbonyl (C=O) groups is 2. The fourth-order valence-corrected chi connectivity index (χ4v) is 2.16. The highest BCUT2D eigenvalue weighted by molar-refractivity contribution is 7.12. The van der Waals surface area contributed by atoms with Crippen LogP contribution in [0.25, 0.3) is 0 Å². The lowest BCUT2D eigenvalue weighted by Gasteiger charge is -2.03. The number of thiazole rings is 1. The van der Waals surface area contributed by atoms with Gasteiger partial charge in [-0.1, -0.05) is 0 Å². The van der Waals surface area contributed by atoms with Crippen LogP contribution in [-0.4, -0.2) is 22.0 Å². The van der Waals surface area contributed by atoms with Crippen molar-refractivity contribution in [1.82, 2.24) is 4.98 Å². The molecule has 0 aliphatic heterocycles. The lowest BCUT2D eigenvalue weighted by Crippen LogP contribution is -2.12. The number of benzene rings is 1. The summed E-state index contributed by atoms with van der Waals surface area (Å²) in [6.07, 6.45) is 0. The number of nitrogens with zero attached hydrogens (tertiary/aromatic N) is 3. The molecule has 2 rings (SSSR count). The molecule has 2 aromatic rings. The molecule has 0 saturated carbocycles. The molecule has 102 valence electrons. The average molecular weight is 298 g/mol. The van der Waals surface area contributed by atoms with Gasteiger partial charge in [0.15, 0.2) is 10.7 Å². The van der Waals surface area contributed by atoms with Crippen LogP contribution in [-0.2, 0) is 0 Å². The second kappa shape index (κ2) is 5.82. The van der Waals surface area contributed by atoms with E-state index in [1.807, 2.05) is 12.1 Å². The van der Waals surface area contributed by atoms with Crippen LogP contribution in [0.1, 0.15) is 31.4 Å². The minimum Gasteiger partial charge on any atom is -0.476 e. The smallest absolute Gasteiger partial charge is 0.355 e. The van der Waals surface area contributed by atoms with Crippen LogP contribution in [0.5, 0.6) is 0 Å². The molecule has 0 aliphatic rings. The summed E-state index contributed by atoms with van der Waals surface area (Å²) in [5.74, 6) is -1.79. The number of anilines is 1. The number of hydrogen-bond donors (Lipinski definition) is 2. The predicted molar refractivity (Wildman–Crippen MR) is 72.9 cm³/mol. The molecule has 0 bridgehead atoms. The molecule has 21 heavy (non-hydrogen) atoms. The van der Waals surface area contributed by atoms with Crippen LogP contribution in [0, 0.1) is 22.7 Å². The Kier molecular flexibility index (Phi) is 3.93. The van der Waals surface area contributed by atoms with Gasteiger partial charge in [0.05, 0.1) is 11.1 Å². The SMILES string of the molecule is N#Cc1ccc(NC(=O)c2nc(C(=O)O)cs2)cc1C#N. The van der Waals surface area contributed by atoms with Crippen molar-refractivity contribution in [2.45, 2.75) is 0 Å². The van der Waals surface area contributed by atoms with Crippen molar-refractivity contribution in [1.29, 1.82) is 10.5 Å². The van der Waals surface area contributed by atoms with Gasteiger partial charge < -0.3 is 10.4 Å². The Morgan fingerprint density at radius 2 is 1.95 bits per heavy atom. The maximum absolute atomic E-state index is 11.9. The number of aromatic carboxylic acids is 1. The van der Waals surface area contributed by atoms with Crippen molar-refractivity contribution in [3.8, 4) is 12.1 Å². The van der Waals surface area contributed by atoms with Crippen LogP contribution in [0.3, 0.4) is 0 Å². The summed E-state index contributed by atoms with van der Waals surface area (Å²) in [6, 6.07) is 7.97. The highest BCUT2D eigenvalue weighted by atomic mass is 32.1. The summed E-state index contributed by atoms with van der Waals surface area (Å²) >= 11 is 0.901. The Balaban J connectivity index is 2.22. The molecule has 0 aliphatic carbocycles. The standard InChI is InChI=1S/C13H6N4O3S/c14-4-7-1-2-9(3-8(7)5-15)16-11(18)12-17-10(6-21-12)13(19)20/h1-3,6H,(H,16,18)(H,19,20). The molecular formula is C13H6N4O3S. The highest BCUT2D eigenvalue weighted by Gasteiger charge is 2.15. The molecule has 0 fully saturated rings. The monoisotopic (exact) mass is 298 g/mol. The van der Waals surface area contributed by atoms with Gasteiger partial charge in [-0.05, 0) is 18.2 Å². The predicted octanol–water partition coefficient (Wildman–Crippen LogP) is 1.84. The summed E-state index contributed by atoms with van der Waals surface area (Å²) in [7, 11) is 0. The number of hydrogen-bond acceptors (Lipinski definition) is 6. The van der Waals surface area contributed by atoms with Crippen LogP contribution in [0.2, 0.25) is 0 Å². The lowest BCUT2D eigenvalue weighted by molar-refractivity contribution is 0.0691. The van der Waals surface area contributed by atoms with Gasteiger partial charge in [0.2, 0.25) is 0 Å². The second-order valence-electron chi connectivity index (χ2n) is 3.78. The number of carboxylic acid groups (broad SMARTS) is 1. The van der Waals surface area contributed by atoms with E-state index in [4.69, 9.17) is 15.6 Å². The first-order chi connectivity index (χ1) is 10.0. The molecule has 7 nitrogen and oxygen atoms in total. The molecule has 1 aromatic heterocycles. The van der Waals surface area contributed by atoms with E-state index in [1.54, 1.807) is 0 Å². The van der Waals surface area contributed by atoms with Gasteiger partial charge in [0.25, 0.3) is 5.91 Å². The Bertz CT molecular complexity index is 814. The first-order valence-electron chi connectivity index (χ1n) is 5.49. The average Bonchev–Trinajstić information content (AvgIpc) is 2.97. The van der Waals surface area contributed by atoms with Crippen LogP contribution in [0.15, 0.2) is 23.6 Å². The molecule has 0 saturated heterocycles.